The topological polar surface area (TPSA) is 57.8 Å². The molecule has 2 rings (SSSR count). The molecule has 0 aliphatic rings. The Bertz CT molecular complexity index is 597. The van der Waals surface area contributed by atoms with E-state index in [4.69, 9.17) is 5.26 Å². The van der Waals surface area contributed by atoms with Crippen molar-refractivity contribution < 1.29 is 4.79 Å². The highest BCUT2D eigenvalue weighted by atomic mass is 79.9. The number of aromatic nitrogens is 1. The van der Waals surface area contributed by atoms with Crippen molar-refractivity contribution in [2.24, 2.45) is 0 Å². The molecule has 0 saturated carbocycles. The summed E-state index contributed by atoms with van der Waals surface area (Å²) in [6.45, 7) is 0.274. The van der Waals surface area contributed by atoms with Crippen LogP contribution in [0.4, 0.5) is 0 Å². The summed E-state index contributed by atoms with van der Waals surface area (Å²) in [5.74, 6) is -0.160. The Balaban J connectivity index is 2.20. The van der Waals surface area contributed by atoms with E-state index in [2.05, 4.69) is 21.2 Å². The summed E-state index contributed by atoms with van der Waals surface area (Å²) in [5.41, 5.74) is 1.00. The smallest absolute Gasteiger partial charge is 0.240 e. The van der Waals surface area contributed by atoms with E-state index in [-0.39, 0.29) is 19.0 Å². The molecule has 17 heavy (non-hydrogen) atoms. The summed E-state index contributed by atoms with van der Waals surface area (Å²) >= 11 is 3.40. The molecule has 0 aliphatic carbocycles. The molecule has 0 bridgehead atoms. The van der Waals surface area contributed by atoms with Gasteiger partial charge in [-0.2, -0.15) is 5.26 Å². The van der Waals surface area contributed by atoms with Crippen molar-refractivity contribution in [3.05, 3.63) is 34.9 Å². The Labute approximate surface area is 107 Å². The van der Waals surface area contributed by atoms with Gasteiger partial charge in [-0.3, -0.25) is 4.79 Å². The van der Waals surface area contributed by atoms with E-state index < -0.39 is 0 Å². The maximum Gasteiger partial charge on any atom is 0.240 e. The number of hydrogen-bond donors (Lipinski definition) is 1. The Hall–Kier alpha value is -1.80. The average molecular weight is 292 g/mol. The molecule has 86 valence electrons. The molecule has 0 spiro atoms. The first-order chi connectivity index (χ1) is 8.20. The van der Waals surface area contributed by atoms with Crippen molar-refractivity contribution in [2.75, 3.05) is 6.54 Å². The normalized spacial score (nSPS) is 10.1. The molecule has 0 radical (unpaired) electrons. The second kappa shape index (κ2) is 5.02. The minimum atomic E-state index is -0.160. The van der Waals surface area contributed by atoms with Crippen LogP contribution in [0.5, 0.6) is 0 Å². The van der Waals surface area contributed by atoms with Crippen LogP contribution < -0.4 is 5.32 Å². The minimum absolute atomic E-state index is 0.0452. The van der Waals surface area contributed by atoms with Crippen LogP contribution >= 0.6 is 15.9 Å². The molecule has 4 nitrogen and oxygen atoms in total. The molecular formula is C12H10BrN3O. The third kappa shape index (κ3) is 2.66. The third-order valence-electron chi connectivity index (χ3n) is 2.41. The monoisotopic (exact) mass is 291 g/mol. The predicted molar refractivity (Wildman–Crippen MR) is 68.3 cm³/mol. The summed E-state index contributed by atoms with van der Waals surface area (Å²) in [7, 11) is 0. The maximum atomic E-state index is 11.5. The lowest BCUT2D eigenvalue weighted by atomic mass is 10.2. The highest BCUT2D eigenvalue weighted by molar-refractivity contribution is 9.10. The highest BCUT2D eigenvalue weighted by Gasteiger charge is 2.05. The third-order valence-corrected chi connectivity index (χ3v) is 2.90. The number of nitrogens with zero attached hydrogens (tertiary/aromatic N) is 2. The number of amides is 1. The lowest BCUT2D eigenvalue weighted by Gasteiger charge is -2.04. The molecule has 0 saturated heterocycles. The van der Waals surface area contributed by atoms with Gasteiger partial charge >= 0.3 is 0 Å². The fourth-order valence-corrected chi connectivity index (χ4v) is 2.04. The Morgan fingerprint density at radius 1 is 1.47 bits per heavy atom. The van der Waals surface area contributed by atoms with Crippen molar-refractivity contribution in [3.8, 4) is 6.07 Å². The van der Waals surface area contributed by atoms with Gasteiger partial charge in [-0.1, -0.05) is 15.9 Å². The molecule has 0 aliphatic heterocycles. The zero-order chi connectivity index (χ0) is 12.3. The van der Waals surface area contributed by atoms with E-state index in [1.54, 1.807) is 0 Å². The van der Waals surface area contributed by atoms with Gasteiger partial charge in [0, 0.05) is 21.6 Å². The van der Waals surface area contributed by atoms with Gasteiger partial charge in [0.1, 0.15) is 13.1 Å². The summed E-state index contributed by atoms with van der Waals surface area (Å²) in [5, 5.41) is 12.0. The van der Waals surface area contributed by atoms with Gasteiger partial charge in [-0.15, -0.1) is 0 Å². The number of rotatable bonds is 3. The van der Waals surface area contributed by atoms with Gasteiger partial charge in [0.05, 0.1) is 6.07 Å². The van der Waals surface area contributed by atoms with Crippen molar-refractivity contribution in [2.45, 2.75) is 6.54 Å². The van der Waals surface area contributed by atoms with Crippen molar-refractivity contribution in [1.29, 1.82) is 5.26 Å². The number of fused-ring (bicyclic) bond motifs is 1. The van der Waals surface area contributed by atoms with E-state index in [1.807, 2.05) is 41.1 Å². The van der Waals surface area contributed by atoms with Gasteiger partial charge in [-0.05, 0) is 24.3 Å². The Morgan fingerprint density at radius 3 is 3.06 bits per heavy atom. The molecule has 2 aromatic rings. The minimum Gasteiger partial charge on any atom is -0.341 e. The van der Waals surface area contributed by atoms with E-state index in [0.29, 0.717) is 0 Å². The first kappa shape index (κ1) is 11.7. The fraction of sp³-hybridized carbons (Fsp3) is 0.167. The van der Waals surface area contributed by atoms with Crippen molar-refractivity contribution in [1.82, 2.24) is 9.88 Å². The highest BCUT2D eigenvalue weighted by Crippen LogP contribution is 2.20. The number of nitriles is 1. The lowest BCUT2D eigenvalue weighted by molar-refractivity contribution is -0.121. The Morgan fingerprint density at radius 2 is 2.29 bits per heavy atom. The molecule has 0 unspecified atom stereocenters. The summed E-state index contributed by atoms with van der Waals surface area (Å²) in [6, 6.07) is 9.72. The number of carbonyl (C=O) groups is 1. The van der Waals surface area contributed by atoms with Gasteiger partial charge in [0.2, 0.25) is 5.91 Å². The molecule has 0 atom stereocenters. The zero-order valence-corrected chi connectivity index (χ0v) is 10.6. The number of hydrogen-bond acceptors (Lipinski definition) is 2. The molecule has 1 aromatic carbocycles. The summed E-state index contributed by atoms with van der Waals surface area (Å²) < 4.78 is 2.87. The largest absolute Gasteiger partial charge is 0.341 e. The molecule has 0 fully saturated rings. The predicted octanol–water partition coefficient (Wildman–Crippen LogP) is 2.04. The molecule has 1 amide bonds. The van der Waals surface area contributed by atoms with Crippen LogP contribution in [0.2, 0.25) is 0 Å². The quantitative estimate of drug-likeness (QED) is 0.880. The van der Waals surface area contributed by atoms with Crippen LogP contribution in [-0.4, -0.2) is 17.0 Å². The molecule has 1 aromatic heterocycles. The SMILES string of the molecule is N#CCNC(=O)Cn1ccc2cc(Br)ccc21. The molecular weight excluding hydrogens is 282 g/mol. The van der Waals surface area contributed by atoms with Crippen molar-refractivity contribution >= 4 is 32.7 Å². The summed E-state index contributed by atoms with van der Waals surface area (Å²) in [6.07, 6.45) is 1.86. The van der Waals surface area contributed by atoms with E-state index in [0.717, 1.165) is 15.4 Å². The number of nitrogens with one attached hydrogen (secondary N) is 1. The van der Waals surface area contributed by atoms with Crippen LogP contribution in [0.15, 0.2) is 34.9 Å². The van der Waals surface area contributed by atoms with E-state index >= 15 is 0 Å². The van der Waals surface area contributed by atoms with Gasteiger partial charge in [0.25, 0.3) is 0 Å². The van der Waals surface area contributed by atoms with E-state index in [9.17, 15) is 4.79 Å². The number of halogens is 1. The lowest BCUT2D eigenvalue weighted by Crippen LogP contribution is -2.27. The van der Waals surface area contributed by atoms with Gasteiger partial charge < -0.3 is 9.88 Å². The van der Waals surface area contributed by atoms with E-state index in [1.165, 1.54) is 0 Å². The maximum absolute atomic E-state index is 11.5. The fourth-order valence-electron chi connectivity index (χ4n) is 1.66. The number of benzene rings is 1. The van der Waals surface area contributed by atoms with Crippen LogP contribution in [0.3, 0.4) is 0 Å². The van der Waals surface area contributed by atoms with Crippen molar-refractivity contribution in [3.63, 3.8) is 0 Å². The van der Waals surface area contributed by atoms with Crippen LogP contribution in [-0.2, 0) is 11.3 Å². The van der Waals surface area contributed by atoms with Crippen LogP contribution in [0.1, 0.15) is 0 Å². The first-order valence-corrected chi connectivity index (χ1v) is 5.88. The average Bonchev–Trinajstić information content (AvgIpc) is 2.69. The van der Waals surface area contributed by atoms with Gasteiger partial charge in [0.15, 0.2) is 0 Å². The molecule has 1 N–H and O–H groups in total. The second-order valence-electron chi connectivity index (χ2n) is 3.58. The van der Waals surface area contributed by atoms with Crippen LogP contribution in [0, 0.1) is 11.3 Å². The Kier molecular flexibility index (Phi) is 3.45. The second-order valence-corrected chi connectivity index (χ2v) is 4.50. The molecule has 1 heterocycles. The van der Waals surface area contributed by atoms with Crippen LogP contribution in [0.25, 0.3) is 10.9 Å². The zero-order valence-electron chi connectivity index (χ0n) is 8.98. The standard InChI is InChI=1S/C12H10BrN3O/c13-10-1-2-11-9(7-10)3-6-16(11)8-12(17)15-5-4-14/h1-3,6-7H,5,8H2,(H,15,17). The first-order valence-electron chi connectivity index (χ1n) is 5.09. The number of carbonyl (C=O) groups excluding carboxylic acids is 1. The van der Waals surface area contributed by atoms with Gasteiger partial charge in [-0.25, -0.2) is 0 Å². The summed E-state index contributed by atoms with van der Waals surface area (Å²) in [4.78, 5) is 11.5. The molecule has 5 heteroatoms.